The van der Waals surface area contributed by atoms with Gasteiger partial charge in [0.25, 0.3) is 23.6 Å². The number of quaternary nitrogens is 1. The van der Waals surface area contributed by atoms with E-state index in [4.69, 9.17) is 0 Å². The van der Waals surface area contributed by atoms with Gasteiger partial charge < -0.3 is 33.8 Å². The number of amides is 4. The molecule has 0 aliphatic carbocycles. The van der Waals surface area contributed by atoms with Gasteiger partial charge in [-0.3, -0.25) is 19.2 Å². The Morgan fingerprint density at radius 3 is 1.67 bits per heavy atom. The third-order valence-electron chi connectivity index (χ3n) is 7.16. The number of hydrogen-bond acceptors (Lipinski definition) is 5. The van der Waals surface area contributed by atoms with Crippen LogP contribution in [0.5, 0.6) is 0 Å². The standard InChI is InChI=1S/C30H26N4O4.HI/c1-34(2,3)17-7-16-31-24-15-14-23-26-19(24)10-6-13-22(26)29(37)33(30(23)38)32-27(35)20-11-4-8-18-9-5-12-21(25(18)20)28(32)36;/h4-6,8-15H,7,16-17H2,1-3H3;1H. The molecule has 0 bridgehead atoms. The van der Waals surface area contributed by atoms with Gasteiger partial charge in [-0.2, -0.15) is 10.0 Å². The predicted octanol–water partition coefficient (Wildman–Crippen LogP) is 1.31. The molecule has 0 aromatic heterocycles. The Morgan fingerprint density at radius 1 is 0.641 bits per heavy atom. The highest BCUT2D eigenvalue weighted by atomic mass is 127. The van der Waals surface area contributed by atoms with E-state index in [-0.39, 0.29) is 46.2 Å². The minimum Gasteiger partial charge on any atom is -1.00 e. The van der Waals surface area contributed by atoms with Gasteiger partial charge in [-0.05, 0) is 35.7 Å². The number of carbonyl (C=O) groups is 4. The first-order valence-electron chi connectivity index (χ1n) is 12.6. The number of carbonyl (C=O) groups excluding carboxylic acids is 4. The van der Waals surface area contributed by atoms with Gasteiger partial charge in [0.1, 0.15) is 0 Å². The first-order valence-corrected chi connectivity index (χ1v) is 12.6. The second-order valence-electron chi connectivity index (χ2n) is 10.7. The average Bonchev–Trinajstić information content (AvgIpc) is 2.89. The first-order chi connectivity index (χ1) is 18.2. The van der Waals surface area contributed by atoms with Crippen LogP contribution >= 0.6 is 0 Å². The van der Waals surface area contributed by atoms with Crippen molar-refractivity contribution >= 4 is 50.9 Å². The summed E-state index contributed by atoms with van der Waals surface area (Å²) in [7, 11) is 6.42. The van der Waals surface area contributed by atoms with E-state index in [1.54, 1.807) is 42.5 Å². The van der Waals surface area contributed by atoms with Gasteiger partial charge in [-0.1, -0.05) is 36.4 Å². The van der Waals surface area contributed by atoms with Gasteiger partial charge in [0.05, 0.1) is 49.9 Å². The normalized spacial score (nSPS) is 14.7. The second kappa shape index (κ2) is 9.73. The van der Waals surface area contributed by atoms with Crippen LogP contribution in [0.4, 0.5) is 5.69 Å². The Hall–Kier alpha value is -3.83. The smallest absolute Gasteiger partial charge is 0.281 e. The quantitative estimate of drug-likeness (QED) is 0.150. The Morgan fingerprint density at radius 2 is 1.13 bits per heavy atom. The maximum atomic E-state index is 13.8. The number of halogens is 1. The summed E-state index contributed by atoms with van der Waals surface area (Å²) in [6.07, 6.45) is 0.950. The van der Waals surface area contributed by atoms with Crippen LogP contribution in [0.25, 0.3) is 21.5 Å². The molecule has 6 rings (SSSR count). The predicted molar refractivity (Wildman–Crippen MR) is 145 cm³/mol. The van der Waals surface area contributed by atoms with Crippen molar-refractivity contribution in [2.24, 2.45) is 0 Å². The molecule has 2 aliphatic rings. The zero-order valence-corrected chi connectivity index (χ0v) is 24.0. The molecule has 0 unspecified atom stereocenters. The van der Waals surface area contributed by atoms with Crippen LogP contribution in [0.15, 0.2) is 66.7 Å². The second-order valence-corrected chi connectivity index (χ2v) is 10.7. The van der Waals surface area contributed by atoms with Crippen molar-refractivity contribution in [2.45, 2.75) is 6.42 Å². The molecule has 0 atom stereocenters. The minimum atomic E-state index is -0.705. The van der Waals surface area contributed by atoms with E-state index in [9.17, 15) is 19.2 Å². The van der Waals surface area contributed by atoms with Crippen molar-refractivity contribution in [1.29, 1.82) is 0 Å². The van der Waals surface area contributed by atoms with Crippen molar-refractivity contribution in [3.63, 3.8) is 0 Å². The van der Waals surface area contributed by atoms with E-state index < -0.39 is 23.6 Å². The molecule has 0 saturated heterocycles. The minimum absolute atomic E-state index is 0. The lowest BCUT2D eigenvalue weighted by atomic mass is 9.92. The number of rotatable bonds is 6. The molecule has 9 heteroatoms. The molecule has 0 saturated carbocycles. The molecule has 8 nitrogen and oxygen atoms in total. The maximum absolute atomic E-state index is 13.8. The summed E-state index contributed by atoms with van der Waals surface area (Å²) in [6, 6.07) is 19.0. The SMILES string of the molecule is C[N+](C)(C)CCCNc1ccc2c3c(cccc13)C(=O)N(N1C(=O)c3cccc4cccc(c34)C1=O)C2=O.[I-]. The first kappa shape index (κ1) is 26.8. The number of anilines is 1. The number of nitrogens with one attached hydrogen (secondary N) is 1. The molecule has 0 radical (unpaired) electrons. The van der Waals surface area contributed by atoms with Crippen LogP contribution in [0.3, 0.4) is 0 Å². The van der Waals surface area contributed by atoms with Gasteiger partial charge in [0.15, 0.2) is 0 Å². The highest BCUT2D eigenvalue weighted by Gasteiger charge is 2.45. The molecule has 1 N–H and O–H groups in total. The number of imide groups is 2. The lowest BCUT2D eigenvalue weighted by Crippen LogP contribution is -3.00. The number of hydrazine groups is 1. The van der Waals surface area contributed by atoms with Gasteiger partial charge in [0.2, 0.25) is 0 Å². The molecule has 39 heavy (non-hydrogen) atoms. The van der Waals surface area contributed by atoms with Crippen molar-refractivity contribution in [3.8, 4) is 0 Å². The van der Waals surface area contributed by atoms with Crippen LogP contribution in [-0.2, 0) is 0 Å². The monoisotopic (exact) mass is 634 g/mol. The lowest BCUT2D eigenvalue weighted by molar-refractivity contribution is -0.870. The summed E-state index contributed by atoms with van der Waals surface area (Å²) in [6.45, 7) is 1.74. The lowest BCUT2D eigenvalue weighted by Gasteiger charge is -2.37. The van der Waals surface area contributed by atoms with Crippen LogP contribution in [0.1, 0.15) is 47.9 Å². The molecular formula is C30H27IN4O4. The largest absolute Gasteiger partial charge is 1.00 e. The third kappa shape index (κ3) is 4.25. The Kier molecular flexibility index (Phi) is 6.68. The summed E-state index contributed by atoms with van der Waals surface area (Å²) < 4.78 is 0.858. The van der Waals surface area contributed by atoms with Crippen LogP contribution in [0.2, 0.25) is 0 Å². The summed E-state index contributed by atoms with van der Waals surface area (Å²) in [5.41, 5.74) is 1.91. The molecule has 2 heterocycles. The molecule has 0 fully saturated rings. The van der Waals surface area contributed by atoms with E-state index in [1.165, 1.54) is 0 Å². The molecule has 4 aromatic rings. The average molecular weight is 634 g/mol. The van der Waals surface area contributed by atoms with Crippen molar-refractivity contribution < 1.29 is 47.6 Å². The topological polar surface area (TPSA) is 86.8 Å². The summed E-state index contributed by atoms with van der Waals surface area (Å²) in [5, 5.41) is 7.38. The molecule has 2 aliphatic heterocycles. The maximum Gasteiger partial charge on any atom is 0.281 e. The highest BCUT2D eigenvalue weighted by Crippen LogP contribution is 2.37. The molecule has 198 valence electrons. The third-order valence-corrected chi connectivity index (χ3v) is 7.16. The van der Waals surface area contributed by atoms with E-state index in [2.05, 4.69) is 26.5 Å². The highest BCUT2D eigenvalue weighted by molar-refractivity contribution is 6.31. The van der Waals surface area contributed by atoms with Crippen LogP contribution in [0, 0.1) is 0 Å². The van der Waals surface area contributed by atoms with Gasteiger partial charge >= 0.3 is 0 Å². The van der Waals surface area contributed by atoms with E-state index >= 15 is 0 Å². The zero-order chi connectivity index (χ0) is 26.8. The fourth-order valence-electron chi connectivity index (χ4n) is 5.40. The van der Waals surface area contributed by atoms with Crippen molar-refractivity contribution in [1.82, 2.24) is 10.0 Å². The molecule has 0 spiro atoms. The van der Waals surface area contributed by atoms with E-state index in [1.807, 2.05) is 24.3 Å². The number of benzene rings is 4. The number of nitrogens with zero attached hydrogens (tertiary/aromatic N) is 3. The summed E-state index contributed by atoms with van der Waals surface area (Å²) >= 11 is 0. The Bertz CT molecular complexity index is 1640. The molecule has 4 amide bonds. The Balaban J connectivity index is 0.00000308. The van der Waals surface area contributed by atoms with Crippen molar-refractivity contribution in [2.75, 3.05) is 39.5 Å². The molecular weight excluding hydrogens is 607 g/mol. The number of hydrogen-bond donors (Lipinski definition) is 1. The summed E-state index contributed by atoms with van der Waals surface area (Å²) in [5.74, 6) is -2.81. The fraction of sp³-hybridized carbons (Fsp3) is 0.200. The van der Waals surface area contributed by atoms with Gasteiger partial charge in [-0.15, -0.1) is 0 Å². The van der Waals surface area contributed by atoms with E-state index in [0.29, 0.717) is 20.8 Å². The van der Waals surface area contributed by atoms with Gasteiger partial charge in [-0.25, -0.2) is 0 Å². The Labute approximate surface area is 242 Å². The zero-order valence-electron chi connectivity index (χ0n) is 21.8. The fourth-order valence-corrected chi connectivity index (χ4v) is 5.40. The van der Waals surface area contributed by atoms with Crippen LogP contribution in [-0.4, -0.2) is 72.4 Å². The van der Waals surface area contributed by atoms with Crippen LogP contribution < -0.4 is 29.3 Å². The molecule has 4 aromatic carbocycles. The van der Waals surface area contributed by atoms with Gasteiger partial charge in [0, 0.05) is 34.8 Å². The van der Waals surface area contributed by atoms with E-state index in [0.717, 1.165) is 40.5 Å². The van der Waals surface area contributed by atoms with Crippen molar-refractivity contribution in [3.05, 3.63) is 89.0 Å². The summed E-state index contributed by atoms with van der Waals surface area (Å²) in [4.78, 5) is 54.7.